The fraction of sp³-hybridized carbons (Fsp3) is 0.412. The number of benzene rings is 1. The number of aliphatic hydroxyl groups is 1. The summed E-state index contributed by atoms with van der Waals surface area (Å²) in [5.74, 6) is -0.344. The molecule has 1 saturated heterocycles. The van der Waals surface area contributed by atoms with Gasteiger partial charge in [0.15, 0.2) is 0 Å². The van der Waals surface area contributed by atoms with Crippen molar-refractivity contribution in [2.24, 2.45) is 0 Å². The van der Waals surface area contributed by atoms with Crippen LogP contribution in [0.3, 0.4) is 0 Å². The van der Waals surface area contributed by atoms with E-state index in [-0.39, 0.29) is 24.4 Å². The van der Waals surface area contributed by atoms with E-state index in [0.29, 0.717) is 18.5 Å². The number of aliphatic hydroxyl groups excluding tert-OH is 1. The lowest BCUT2D eigenvalue weighted by Gasteiger charge is -2.25. The maximum Gasteiger partial charge on any atom is 0.318 e. The van der Waals surface area contributed by atoms with Gasteiger partial charge in [0.1, 0.15) is 5.82 Å². The van der Waals surface area contributed by atoms with Crippen LogP contribution < -0.4 is 5.32 Å². The van der Waals surface area contributed by atoms with Gasteiger partial charge < -0.3 is 15.3 Å². The summed E-state index contributed by atoms with van der Waals surface area (Å²) in [4.78, 5) is 18.5. The molecule has 0 unspecified atom stereocenters. The summed E-state index contributed by atoms with van der Waals surface area (Å²) in [5.41, 5.74) is 1.52. The van der Waals surface area contributed by atoms with Gasteiger partial charge in [-0.05, 0) is 30.5 Å². The standard InChI is InChI=1S/C17H20FN3O2S/c1-2-16-20-13(10-24-16)8-19-17(23)21-9-14(22)7-15(21)11-4-3-5-12(18)6-11/h3-6,10,14-15,22H,2,7-9H2,1H3,(H,19,23)/t14-,15+/m1/s1. The zero-order valence-electron chi connectivity index (χ0n) is 13.4. The van der Waals surface area contributed by atoms with Gasteiger partial charge in [-0.15, -0.1) is 11.3 Å². The van der Waals surface area contributed by atoms with Crippen molar-refractivity contribution < 1.29 is 14.3 Å². The van der Waals surface area contributed by atoms with Crippen LogP contribution in [0.1, 0.15) is 35.7 Å². The molecule has 0 aliphatic carbocycles. The number of nitrogens with zero attached hydrogens (tertiary/aromatic N) is 2. The fourth-order valence-electron chi connectivity index (χ4n) is 2.93. The highest BCUT2D eigenvalue weighted by Crippen LogP contribution is 2.32. The van der Waals surface area contributed by atoms with Gasteiger partial charge in [0.2, 0.25) is 0 Å². The molecule has 7 heteroatoms. The van der Waals surface area contributed by atoms with Crippen LogP contribution in [0.25, 0.3) is 0 Å². The van der Waals surface area contributed by atoms with Crippen LogP contribution in [0.5, 0.6) is 0 Å². The number of carbonyl (C=O) groups is 1. The van der Waals surface area contributed by atoms with Crippen LogP contribution in [0.15, 0.2) is 29.6 Å². The Labute approximate surface area is 144 Å². The summed E-state index contributed by atoms with van der Waals surface area (Å²) in [6, 6.07) is 5.58. The van der Waals surface area contributed by atoms with Crippen molar-refractivity contribution in [1.82, 2.24) is 15.2 Å². The van der Waals surface area contributed by atoms with Crippen LogP contribution in [0, 0.1) is 5.82 Å². The molecule has 0 saturated carbocycles. The van der Waals surface area contributed by atoms with Crippen molar-refractivity contribution in [1.29, 1.82) is 0 Å². The number of aromatic nitrogens is 1. The predicted molar refractivity (Wildman–Crippen MR) is 90.2 cm³/mol. The Morgan fingerprint density at radius 1 is 1.54 bits per heavy atom. The zero-order chi connectivity index (χ0) is 17.1. The minimum absolute atomic E-state index is 0.240. The number of thiazole rings is 1. The Hall–Kier alpha value is -1.99. The van der Waals surface area contributed by atoms with E-state index in [1.54, 1.807) is 28.4 Å². The SMILES string of the molecule is CCc1nc(CNC(=O)N2C[C@H](O)C[C@H]2c2cccc(F)c2)cs1. The third kappa shape index (κ3) is 3.73. The monoisotopic (exact) mass is 349 g/mol. The zero-order valence-corrected chi connectivity index (χ0v) is 14.2. The molecule has 3 rings (SSSR count). The van der Waals surface area contributed by atoms with Crippen molar-refractivity contribution in [2.45, 2.75) is 38.5 Å². The van der Waals surface area contributed by atoms with Crippen LogP contribution in [-0.4, -0.2) is 33.7 Å². The average molecular weight is 349 g/mol. The molecule has 5 nitrogen and oxygen atoms in total. The van der Waals surface area contributed by atoms with Crippen molar-refractivity contribution in [3.63, 3.8) is 0 Å². The molecular weight excluding hydrogens is 329 g/mol. The summed E-state index contributed by atoms with van der Waals surface area (Å²) in [7, 11) is 0. The van der Waals surface area contributed by atoms with Gasteiger partial charge in [0, 0.05) is 11.9 Å². The highest BCUT2D eigenvalue weighted by Gasteiger charge is 2.35. The minimum atomic E-state index is -0.602. The Kier molecular flexibility index (Phi) is 5.11. The van der Waals surface area contributed by atoms with Crippen molar-refractivity contribution in [3.05, 3.63) is 51.7 Å². The molecule has 1 aliphatic rings. The van der Waals surface area contributed by atoms with Crippen LogP contribution in [0.2, 0.25) is 0 Å². The van der Waals surface area contributed by atoms with Gasteiger partial charge in [-0.3, -0.25) is 0 Å². The average Bonchev–Trinajstić information content (AvgIpc) is 3.19. The van der Waals surface area contributed by atoms with Crippen LogP contribution >= 0.6 is 11.3 Å². The lowest BCUT2D eigenvalue weighted by atomic mass is 10.0. The molecular formula is C17H20FN3O2S. The molecule has 1 aliphatic heterocycles. The van der Waals surface area contributed by atoms with Crippen molar-refractivity contribution in [3.8, 4) is 0 Å². The summed E-state index contributed by atoms with van der Waals surface area (Å²) >= 11 is 1.58. The second-order valence-corrected chi connectivity index (χ2v) is 6.80. The first-order valence-electron chi connectivity index (χ1n) is 7.98. The van der Waals surface area contributed by atoms with Gasteiger partial charge in [0.05, 0.1) is 29.4 Å². The first kappa shape index (κ1) is 16.9. The maximum absolute atomic E-state index is 13.5. The number of likely N-dealkylation sites (tertiary alicyclic amines) is 1. The molecule has 2 atom stereocenters. The summed E-state index contributed by atoms with van der Waals surface area (Å²) in [6.45, 7) is 2.62. The Morgan fingerprint density at radius 3 is 3.08 bits per heavy atom. The summed E-state index contributed by atoms with van der Waals surface area (Å²) in [6.07, 6.45) is 0.682. The summed E-state index contributed by atoms with van der Waals surface area (Å²) < 4.78 is 13.5. The van der Waals surface area contributed by atoms with Crippen molar-refractivity contribution >= 4 is 17.4 Å². The largest absolute Gasteiger partial charge is 0.391 e. The number of hydrogen-bond donors (Lipinski definition) is 2. The normalized spacial score (nSPS) is 20.4. The Morgan fingerprint density at radius 2 is 2.38 bits per heavy atom. The highest BCUT2D eigenvalue weighted by molar-refractivity contribution is 7.09. The first-order chi connectivity index (χ1) is 11.6. The lowest BCUT2D eigenvalue weighted by Crippen LogP contribution is -2.40. The predicted octanol–water partition coefficient (Wildman–Crippen LogP) is 2.86. The number of rotatable bonds is 4. The van der Waals surface area contributed by atoms with Gasteiger partial charge in [0.25, 0.3) is 0 Å². The van der Waals surface area contributed by atoms with E-state index in [1.165, 1.54) is 12.1 Å². The maximum atomic E-state index is 13.5. The van der Waals surface area contributed by atoms with Gasteiger partial charge in [-0.25, -0.2) is 14.2 Å². The van der Waals surface area contributed by atoms with Gasteiger partial charge >= 0.3 is 6.03 Å². The van der Waals surface area contributed by atoms with Crippen molar-refractivity contribution in [2.75, 3.05) is 6.54 Å². The number of halogens is 1. The number of amides is 2. The number of hydrogen-bond acceptors (Lipinski definition) is 4. The number of nitrogens with one attached hydrogen (secondary N) is 1. The fourth-order valence-corrected chi connectivity index (χ4v) is 3.67. The topological polar surface area (TPSA) is 65.5 Å². The summed E-state index contributed by atoms with van der Waals surface area (Å²) in [5, 5.41) is 15.8. The molecule has 1 aromatic heterocycles. The van der Waals surface area contributed by atoms with E-state index in [4.69, 9.17) is 0 Å². The van der Waals surface area contributed by atoms with Crippen LogP contribution in [0.4, 0.5) is 9.18 Å². The number of aryl methyl sites for hydroxylation is 1. The Bertz CT molecular complexity index is 721. The molecule has 2 heterocycles. The smallest absolute Gasteiger partial charge is 0.318 e. The molecule has 24 heavy (non-hydrogen) atoms. The third-order valence-electron chi connectivity index (χ3n) is 4.10. The number of carbonyl (C=O) groups excluding carboxylic acids is 1. The minimum Gasteiger partial charge on any atom is -0.391 e. The molecule has 0 bridgehead atoms. The van der Waals surface area contributed by atoms with Gasteiger partial charge in [-0.2, -0.15) is 0 Å². The molecule has 0 spiro atoms. The first-order valence-corrected chi connectivity index (χ1v) is 8.86. The van der Waals surface area contributed by atoms with E-state index in [1.807, 2.05) is 12.3 Å². The second kappa shape index (κ2) is 7.27. The molecule has 2 aromatic rings. The lowest BCUT2D eigenvalue weighted by molar-refractivity contribution is 0.169. The highest BCUT2D eigenvalue weighted by atomic mass is 32.1. The number of β-amino-alcohol motifs (C(OH)–C–C–N with tert-alkyl or cyclic N) is 1. The molecule has 128 valence electrons. The molecule has 1 aromatic carbocycles. The third-order valence-corrected chi connectivity index (χ3v) is 5.14. The molecule has 2 N–H and O–H groups in total. The van der Waals surface area contributed by atoms with E-state index in [2.05, 4.69) is 10.3 Å². The van der Waals surface area contributed by atoms with Gasteiger partial charge in [-0.1, -0.05) is 19.1 Å². The number of urea groups is 1. The second-order valence-electron chi connectivity index (χ2n) is 5.86. The molecule has 1 fully saturated rings. The Balaban J connectivity index is 1.67. The molecule has 0 radical (unpaired) electrons. The van der Waals surface area contributed by atoms with Crippen LogP contribution in [-0.2, 0) is 13.0 Å². The van der Waals surface area contributed by atoms with E-state index in [9.17, 15) is 14.3 Å². The quantitative estimate of drug-likeness (QED) is 0.892. The van der Waals surface area contributed by atoms with E-state index >= 15 is 0 Å². The van der Waals surface area contributed by atoms with E-state index in [0.717, 1.165) is 17.1 Å². The van der Waals surface area contributed by atoms with E-state index < -0.39 is 6.10 Å². The molecule has 2 amide bonds.